The topological polar surface area (TPSA) is 21.3 Å². The van der Waals surface area contributed by atoms with Crippen molar-refractivity contribution in [2.24, 2.45) is 0 Å². The molecule has 1 N–H and O–H groups in total. The van der Waals surface area contributed by atoms with Gasteiger partial charge in [0.2, 0.25) is 0 Å². The third-order valence-corrected chi connectivity index (χ3v) is 4.31. The van der Waals surface area contributed by atoms with Crippen molar-refractivity contribution in [3.8, 4) is 16.2 Å². The van der Waals surface area contributed by atoms with E-state index < -0.39 is 12.7 Å². The van der Waals surface area contributed by atoms with Gasteiger partial charge < -0.3 is 10.1 Å². The second kappa shape index (κ2) is 6.49. The van der Waals surface area contributed by atoms with Crippen molar-refractivity contribution in [3.63, 3.8) is 0 Å². The quantitative estimate of drug-likeness (QED) is 0.884. The van der Waals surface area contributed by atoms with Crippen molar-refractivity contribution in [1.82, 2.24) is 5.32 Å². The standard InChI is InChI=1S/C15H16F3NOS/c1-10-12(7-19-9-15(16,17)18)8-21-14(10)11-3-5-13(20-2)6-4-11/h3-6,8,19H,7,9H2,1-2H3. The molecule has 0 bridgehead atoms. The SMILES string of the molecule is COc1ccc(-c2scc(CNCC(F)(F)F)c2C)cc1. The summed E-state index contributed by atoms with van der Waals surface area (Å²) < 4.78 is 41.5. The first-order chi connectivity index (χ1) is 9.90. The minimum Gasteiger partial charge on any atom is -0.497 e. The Kier molecular flexibility index (Phi) is 4.90. The first kappa shape index (κ1) is 15.9. The van der Waals surface area contributed by atoms with Crippen molar-refractivity contribution in [3.05, 3.63) is 40.8 Å². The number of halogens is 3. The number of hydrogen-bond donors (Lipinski definition) is 1. The fourth-order valence-electron chi connectivity index (χ4n) is 1.99. The molecule has 6 heteroatoms. The fourth-order valence-corrected chi connectivity index (χ4v) is 3.09. The van der Waals surface area contributed by atoms with Crippen LogP contribution in [0, 0.1) is 6.92 Å². The molecule has 0 aliphatic rings. The molecule has 0 fully saturated rings. The molecule has 1 aromatic heterocycles. The van der Waals surface area contributed by atoms with E-state index in [0.29, 0.717) is 0 Å². The van der Waals surface area contributed by atoms with E-state index in [1.165, 1.54) is 11.3 Å². The monoisotopic (exact) mass is 315 g/mol. The second-order valence-electron chi connectivity index (χ2n) is 4.66. The summed E-state index contributed by atoms with van der Waals surface area (Å²) in [5, 5.41) is 4.33. The van der Waals surface area contributed by atoms with Crippen molar-refractivity contribution >= 4 is 11.3 Å². The summed E-state index contributed by atoms with van der Waals surface area (Å²) in [4.78, 5) is 1.07. The normalized spacial score (nSPS) is 11.7. The molecule has 0 radical (unpaired) electrons. The second-order valence-corrected chi connectivity index (χ2v) is 5.54. The zero-order valence-electron chi connectivity index (χ0n) is 11.8. The zero-order chi connectivity index (χ0) is 15.5. The first-order valence-electron chi connectivity index (χ1n) is 6.39. The van der Waals surface area contributed by atoms with Gasteiger partial charge in [-0.25, -0.2) is 0 Å². The molecular weight excluding hydrogens is 299 g/mol. The maximum atomic E-state index is 12.1. The molecule has 0 aliphatic carbocycles. The predicted octanol–water partition coefficient (Wildman–Crippen LogP) is 4.38. The van der Waals surface area contributed by atoms with Gasteiger partial charge in [-0.05, 0) is 53.3 Å². The predicted molar refractivity (Wildman–Crippen MR) is 78.8 cm³/mol. The molecule has 1 aromatic carbocycles. The lowest BCUT2D eigenvalue weighted by Gasteiger charge is -2.08. The Labute approximate surface area is 125 Å². The fraction of sp³-hybridized carbons (Fsp3) is 0.333. The minimum absolute atomic E-state index is 0.220. The number of methoxy groups -OCH3 is 1. The van der Waals surface area contributed by atoms with E-state index in [-0.39, 0.29) is 6.54 Å². The van der Waals surface area contributed by atoms with E-state index in [2.05, 4.69) is 5.32 Å². The maximum Gasteiger partial charge on any atom is 0.401 e. The average molecular weight is 315 g/mol. The van der Waals surface area contributed by atoms with Crippen LogP contribution in [-0.2, 0) is 6.54 Å². The van der Waals surface area contributed by atoms with Gasteiger partial charge in [0.15, 0.2) is 0 Å². The molecular formula is C15H16F3NOS. The highest BCUT2D eigenvalue weighted by Crippen LogP contribution is 2.33. The van der Waals surface area contributed by atoms with Crippen LogP contribution in [0.15, 0.2) is 29.6 Å². The first-order valence-corrected chi connectivity index (χ1v) is 7.27. The largest absolute Gasteiger partial charge is 0.497 e. The lowest BCUT2D eigenvalue weighted by Crippen LogP contribution is -2.28. The van der Waals surface area contributed by atoms with Crippen LogP contribution in [-0.4, -0.2) is 19.8 Å². The van der Waals surface area contributed by atoms with Gasteiger partial charge in [-0.2, -0.15) is 13.2 Å². The molecule has 1 heterocycles. The highest BCUT2D eigenvalue weighted by atomic mass is 32.1. The number of thiophene rings is 1. The molecule has 0 spiro atoms. The van der Waals surface area contributed by atoms with Gasteiger partial charge >= 0.3 is 6.18 Å². The van der Waals surface area contributed by atoms with Crippen LogP contribution in [0.2, 0.25) is 0 Å². The van der Waals surface area contributed by atoms with Crippen molar-refractivity contribution in [2.75, 3.05) is 13.7 Å². The van der Waals surface area contributed by atoms with Gasteiger partial charge in [0.25, 0.3) is 0 Å². The molecule has 0 aliphatic heterocycles. The Morgan fingerprint density at radius 2 is 1.86 bits per heavy atom. The Morgan fingerprint density at radius 1 is 1.19 bits per heavy atom. The molecule has 2 aromatic rings. The number of nitrogens with one attached hydrogen (secondary N) is 1. The Morgan fingerprint density at radius 3 is 2.43 bits per heavy atom. The molecule has 114 valence electrons. The van der Waals surface area contributed by atoms with Crippen LogP contribution in [0.4, 0.5) is 13.2 Å². The highest BCUT2D eigenvalue weighted by Gasteiger charge is 2.26. The van der Waals surface area contributed by atoms with Crippen LogP contribution in [0.5, 0.6) is 5.75 Å². The van der Waals surface area contributed by atoms with Crippen LogP contribution in [0.3, 0.4) is 0 Å². The van der Waals surface area contributed by atoms with Crippen molar-refractivity contribution in [1.29, 1.82) is 0 Å². The van der Waals surface area contributed by atoms with Crippen LogP contribution < -0.4 is 10.1 Å². The van der Waals surface area contributed by atoms with E-state index in [4.69, 9.17) is 4.74 Å². The summed E-state index contributed by atoms with van der Waals surface area (Å²) in [6.45, 7) is 1.18. The molecule has 2 nitrogen and oxygen atoms in total. The van der Waals surface area contributed by atoms with Crippen molar-refractivity contribution < 1.29 is 17.9 Å². The smallest absolute Gasteiger partial charge is 0.401 e. The summed E-state index contributed by atoms with van der Waals surface area (Å²) >= 11 is 1.54. The van der Waals surface area contributed by atoms with E-state index in [0.717, 1.165) is 27.3 Å². The Balaban J connectivity index is 2.09. The third-order valence-electron chi connectivity index (χ3n) is 3.13. The van der Waals surface area contributed by atoms with Crippen LogP contribution in [0.1, 0.15) is 11.1 Å². The van der Waals surface area contributed by atoms with Gasteiger partial charge in [0.1, 0.15) is 5.75 Å². The van der Waals surface area contributed by atoms with Crippen LogP contribution in [0.25, 0.3) is 10.4 Å². The molecule has 0 atom stereocenters. The van der Waals surface area contributed by atoms with E-state index in [9.17, 15) is 13.2 Å². The summed E-state index contributed by atoms with van der Waals surface area (Å²) in [6, 6.07) is 7.64. The number of rotatable bonds is 5. The lowest BCUT2D eigenvalue weighted by atomic mass is 10.1. The van der Waals surface area contributed by atoms with Crippen LogP contribution >= 0.6 is 11.3 Å². The molecule has 2 rings (SSSR count). The van der Waals surface area contributed by atoms with Gasteiger partial charge in [0, 0.05) is 11.4 Å². The van der Waals surface area contributed by atoms with E-state index in [1.807, 2.05) is 36.6 Å². The average Bonchev–Trinajstić information content (AvgIpc) is 2.79. The van der Waals surface area contributed by atoms with Crippen molar-refractivity contribution in [2.45, 2.75) is 19.6 Å². The Hall–Kier alpha value is -1.53. The van der Waals surface area contributed by atoms with E-state index >= 15 is 0 Å². The molecule has 0 saturated heterocycles. The summed E-state index contributed by atoms with van der Waals surface area (Å²) in [5.41, 5.74) is 2.95. The van der Waals surface area contributed by atoms with Gasteiger partial charge in [-0.15, -0.1) is 11.3 Å². The number of ether oxygens (including phenoxy) is 1. The van der Waals surface area contributed by atoms with Gasteiger partial charge in [-0.1, -0.05) is 0 Å². The summed E-state index contributed by atoms with van der Waals surface area (Å²) in [5.74, 6) is 0.778. The zero-order valence-corrected chi connectivity index (χ0v) is 12.6. The van der Waals surface area contributed by atoms with Gasteiger partial charge in [-0.3, -0.25) is 0 Å². The maximum absolute atomic E-state index is 12.1. The molecule has 0 unspecified atom stereocenters. The third kappa shape index (κ3) is 4.22. The number of alkyl halides is 3. The number of benzene rings is 1. The molecule has 0 amide bonds. The molecule has 0 saturated carbocycles. The lowest BCUT2D eigenvalue weighted by molar-refractivity contribution is -0.125. The number of hydrogen-bond acceptors (Lipinski definition) is 3. The van der Waals surface area contributed by atoms with E-state index in [1.54, 1.807) is 7.11 Å². The highest BCUT2D eigenvalue weighted by molar-refractivity contribution is 7.14. The summed E-state index contributed by atoms with van der Waals surface area (Å²) in [6.07, 6.45) is -4.18. The minimum atomic E-state index is -4.18. The molecule has 21 heavy (non-hydrogen) atoms. The summed E-state index contributed by atoms with van der Waals surface area (Å²) in [7, 11) is 1.61. The van der Waals surface area contributed by atoms with Gasteiger partial charge in [0.05, 0.1) is 13.7 Å². The Bertz CT molecular complexity index is 590.